The van der Waals surface area contributed by atoms with Crippen molar-refractivity contribution in [3.8, 4) is 5.88 Å². The summed E-state index contributed by atoms with van der Waals surface area (Å²) < 4.78 is 5.56. The molecule has 1 aromatic carbocycles. The lowest BCUT2D eigenvalue weighted by Crippen LogP contribution is -2.01. The number of hydrogen-bond donors (Lipinski definition) is 1. The van der Waals surface area contributed by atoms with Gasteiger partial charge in [-0.25, -0.2) is 4.98 Å². The maximum atomic E-state index is 5.79. The molecular weight excluding hydrogens is 322 g/mol. The molecule has 0 spiro atoms. The fourth-order valence-corrected chi connectivity index (χ4v) is 2.01. The van der Waals surface area contributed by atoms with Crippen molar-refractivity contribution in [3.63, 3.8) is 0 Å². The number of aromatic nitrogens is 2. The van der Waals surface area contributed by atoms with Gasteiger partial charge in [-0.3, -0.25) is 0 Å². The molecule has 1 aromatic heterocycles. The molecule has 0 radical (unpaired) electrons. The van der Waals surface area contributed by atoms with Crippen LogP contribution in [0.15, 0.2) is 30.3 Å². The van der Waals surface area contributed by atoms with E-state index in [1.807, 2.05) is 0 Å². The number of ether oxygens (including phenoxy) is 1. The van der Waals surface area contributed by atoms with Crippen LogP contribution in [0, 0.1) is 0 Å². The lowest BCUT2D eigenvalue weighted by atomic mass is 10.1. The number of nitrogen functional groups attached to an aromatic ring is 1. The van der Waals surface area contributed by atoms with Gasteiger partial charge in [-0.05, 0) is 24.0 Å². The predicted molar refractivity (Wildman–Crippen MR) is 101 cm³/mol. The number of rotatable bonds is 7. The molecule has 132 valence electrons. The van der Waals surface area contributed by atoms with Crippen LogP contribution in [0.4, 0.5) is 5.95 Å². The summed E-state index contributed by atoms with van der Waals surface area (Å²) in [4.78, 5) is 7.75. The molecule has 1 heterocycles. The molecule has 0 saturated heterocycles. The Morgan fingerprint density at radius 2 is 1.58 bits per heavy atom. The Kier molecular flexibility index (Phi) is 9.85. The highest BCUT2D eigenvalue weighted by Gasteiger charge is 2.02. The summed E-state index contributed by atoms with van der Waals surface area (Å²) in [6, 6.07) is 9.95. The number of aryl methyl sites for hydroxylation is 1. The van der Waals surface area contributed by atoms with Crippen molar-refractivity contribution in [2.24, 2.45) is 0 Å². The first-order valence-corrected chi connectivity index (χ1v) is 8.97. The molecule has 4 nitrogen and oxygen atoms in total. The third-order valence-corrected chi connectivity index (χ3v) is 3.61. The van der Waals surface area contributed by atoms with Gasteiger partial charge in [0, 0.05) is 6.07 Å². The van der Waals surface area contributed by atoms with Crippen LogP contribution < -0.4 is 10.5 Å². The van der Waals surface area contributed by atoms with Crippen molar-refractivity contribution in [2.75, 3.05) is 5.73 Å². The molecule has 0 aliphatic carbocycles. The third-order valence-electron chi connectivity index (χ3n) is 3.42. The molecule has 0 atom stereocenters. The van der Waals surface area contributed by atoms with Gasteiger partial charge >= 0.3 is 0 Å². The van der Waals surface area contributed by atoms with Gasteiger partial charge in [0.05, 0.1) is 0 Å². The zero-order valence-electron chi connectivity index (χ0n) is 14.9. The van der Waals surface area contributed by atoms with Crippen LogP contribution in [0.25, 0.3) is 0 Å². The van der Waals surface area contributed by atoms with Crippen molar-refractivity contribution in [3.05, 3.63) is 46.6 Å². The molecule has 2 N–H and O–H groups in total. The van der Waals surface area contributed by atoms with E-state index in [4.69, 9.17) is 22.1 Å². The topological polar surface area (TPSA) is 61.0 Å². The van der Waals surface area contributed by atoms with E-state index in [0.717, 1.165) is 12.0 Å². The normalized spacial score (nSPS) is 10.0. The molecule has 2 aromatic rings. The van der Waals surface area contributed by atoms with Crippen molar-refractivity contribution in [2.45, 2.75) is 59.5 Å². The van der Waals surface area contributed by atoms with Crippen LogP contribution >= 0.6 is 11.6 Å². The highest BCUT2D eigenvalue weighted by Crippen LogP contribution is 2.16. The first-order chi connectivity index (χ1) is 11.6. The smallest absolute Gasteiger partial charge is 0.224 e. The minimum absolute atomic E-state index is 0.113. The maximum absolute atomic E-state index is 5.79. The van der Waals surface area contributed by atoms with Crippen LogP contribution in [-0.2, 0) is 13.0 Å². The Morgan fingerprint density at radius 3 is 2.12 bits per heavy atom. The van der Waals surface area contributed by atoms with Gasteiger partial charge in [0.25, 0.3) is 0 Å². The van der Waals surface area contributed by atoms with Gasteiger partial charge in [-0.1, -0.05) is 75.9 Å². The van der Waals surface area contributed by atoms with Gasteiger partial charge in [0.15, 0.2) is 0 Å². The van der Waals surface area contributed by atoms with Gasteiger partial charge in [-0.15, -0.1) is 0 Å². The highest BCUT2D eigenvalue weighted by molar-refractivity contribution is 6.29. The van der Waals surface area contributed by atoms with Gasteiger partial charge in [0.2, 0.25) is 11.8 Å². The van der Waals surface area contributed by atoms with E-state index in [0.29, 0.717) is 12.5 Å². The average Bonchev–Trinajstić information content (AvgIpc) is 2.58. The van der Waals surface area contributed by atoms with Gasteiger partial charge in [0.1, 0.15) is 11.8 Å². The maximum Gasteiger partial charge on any atom is 0.224 e. The summed E-state index contributed by atoms with van der Waals surface area (Å²) in [5, 5.41) is 0.280. The molecule has 2 rings (SSSR count). The Hall–Kier alpha value is -1.81. The Morgan fingerprint density at radius 1 is 0.958 bits per heavy atom. The summed E-state index contributed by atoms with van der Waals surface area (Å²) in [6.07, 6.45) is 6.19. The van der Waals surface area contributed by atoms with Crippen molar-refractivity contribution in [1.82, 2.24) is 9.97 Å². The van der Waals surface area contributed by atoms with Crippen molar-refractivity contribution < 1.29 is 4.74 Å². The lowest BCUT2D eigenvalue weighted by molar-refractivity contribution is 0.294. The zero-order chi connectivity index (χ0) is 17.8. The molecule has 0 aliphatic rings. The largest absolute Gasteiger partial charge is 0.473 e. The monoisotopic (exact) mass is 349 g/mol. The molecule has 0 bridgehead atoms. The Labute approximate surface area is 150 Å². The molecule has 0 aliphatic heterocycles. The van der Waals surface area contributed by atoms with E-state index in [9.17, 15) is 0 Å². The number of hydrogen-bond acceptors (Lipinski definition) is 4. The summed E-state index contributed by atoms with van der Waals surface area (Å²) in [6.45, 7) is 6.99. The van der Waals surface area contributed by atoms with E-state index in [-0.39, 0.29) is 11.1 Å². The number of benzene rings is 1. The molecule has 5 heteroatoms. The second kappa shape index (κ2) is 11.7. The van der Waals surface area contributed by atoms with Crippen LogP contribution in [-0.4, -0.2) is 9.97 Å². The SMILES string of the molecule is CCCC.CCCCc1ccc(COc2cc(Cl)nc(N)n2)cc1. The second-order valence-electron chi connectivity index (χ2n) is 5.60. The molecule has 0 fully saturated rings. The summed E-state index contributed by atoms with van der Waals surface area (Å²) in [5.41, 5.74) is 7.94. The fraction of sp³-hybridized carbons (Fsp3) is 0.474. The summed E-state index contributed by atoms with van der Waals surface area (Å²) in [7, 11) is 0. The van der Waals surface area contributed by atoms with Crippen LogP contribution in [0.5, 0.6) is 5.88 Å². The van der Waals surface area contributed by atoms with Crippen molar-refractivity contribution >= 4 is 17.5 Å². The van der Waals surface area contributed by atoms with E-state index >= 15 is 0 Å². The first-order valence-electron chi connectivity index (χ1n) is 8.59. The van der Waals surface area contributed by atoms with Crippen LogP contribution in [0.1, 0.15) is 57.6 Å². The molecule has 24 heavy (non-hydrogen) atoms. The summed E-state index contributed by atoms with van der Waals surface area (Å²) in [5.74, 6) is 0.500. The zero-order valence-corrected chi connectivity index (χ0v) is 15.6. The number of nitrogens with zero attached hydrogens (tertiary/aromatic N) is 2. The van der Waals surface area contributed by atoms with E-state index in [1.54, 1.807) is 6.07 Å². The first kappa shape index (κ1) is 20.2. The predicted octanol–water partition coefficient (Wildman–Crippen LogP) is 5.44. The average molecular weight is 350 g/mol. The highest BCUT2D eigenvalue weighted by atomic mass is 35.5. The Bertz CT molecular complexity index is 565. The lowest BCUT2D eigenvalue weighted by Gasteiger charge is -2.07. The molecule has 0 unspecified atom stereocenters. The van der Waals surface area contributed by atoms with Crippen molar-refractivity contribution in [1.29, 1.82) is 0 Å². The molecular formula is C19H28ClN3O. The minimum Gasteiger partial charge on any atom is -0.473 e. The van der Waals surface area contributed by atoms with Gasteiger partial charge in [-0.2, -0.15) is 4.98 Å². The van der Waals surface area contributed by atoms with Crippen LogP contribution in [0.2, 0.25) is 5.15 Å². The number of halogens is 1. The third kappa shape index (κ3) is 8.16. The number of unbranched alkanes of at least 4 members (excludes halogenated alkanes) is 2. The Balaban J connectivity index is 0.000000648. The van der Waals surface area contributed by atoms with E-state index in [1.165, 1.54) is 31.2 Å². The van der Waals surface area contributed by atoms with Crippen LogP contribution in [0.3, 0.4) is 0 Å². The van der Waals surface area contributed by atoms with E-state index in [2.05, 4.69) is 55.0 Å². The number of nitrogens with two attached hydrogens (primary N) is 1. The minimum atomic E-state index is 0.113. The molecule has 0 amide bonds. The second-order valence-corrected chi connectivity index (χ2v) is 5.98. The summed E-state index contributed by atoms with van der Waals surface area (Å²) >= 11 is 5.79. The van der Waals surface area contributed by atoms with E-state index < -0.39 is 0 Å². The number of anilines is 1. The van der Waals surface area contributed by atoms with Gasteiger partial charge < -0.3 is 10.5 Å². The molecule has 0 saturated carbocycles. The quantitative estimate of drug-likeness (QED) is 0.676. The standard InChI is InChI=1S/C15H18ClN3O.C4H10/c1-2-3-4-11-5-7-12(8-6-11)10-20-14-9-13(16)18-15(17)19-14;1-3-4-2/h5-9H,2-4,10H2,1H3,(H2,17,18,19);3-4H2,1-2H3. The fourth-order valence-electron chi connectivity index (χ4n) is 1.83.